The van der Waals surface area contributed by atoms with Crippen molar-refractivity contribution < 1.29 is 15.0 Å². The summed E-state index contributed by atoms with van der Waals surface area (Å²) in [6.07, 6.45) is 0. The Morgan fingerprint density at radius 2 is 2.00 bits per heavy atom. The van der Waals surface area contributed by atoms with Crippen molar-refractivity contribution in [1.82, 2.24) is 0 Å². The van der Waals surface area contributed by atoms with Gasteiger partial charge in [0.15, 0.2) is 5.78 Å². The van der Waals surface area contributed by atoms with E-state index < -0.39 is 0 Å². The number of rotatable bonds is 2. The van der Waals surface area contributed by atoms with Gasteiger partial charge < -0.3 is 15.9 Å². The lowest BCUT2D eigenvalue weighted by molar-refractivity contribution is 0.0999. The number of Topliss-reactive ketones (excluding diaryl/α,β-unsaturated/α-hetero) is 1. The molecule has 0 saturated heterocycles. The van der Waals surface area contributed by atoms with Gasteiger partial charge in [-0.25, -0.2) is 0 Å². The number of phenols is 2. The van der Waals surface area contributed by atoms with Gasteiger partial charge in [0.1, 0.15) is 11.5 Å². The Kier molecular flexibility index (Phi) is 4.23. The average Bonchev–Trinajstić information content (AvgIpc) is 2.03. The third-order valence-corrected chi connectivity index (χ3v) is 1.47. The van der Waals surface area contributed by atoms with Gasteiger partial charge in [0, 0.05) is 6.07 Å². The predicted molar refractivity (Wildman–Crippen MR) is 50.4 cm³/mol. The van der Waals surface area contributed by atoms with E-state index in [1.807, 2.05) is 0 Å². The van der Waals surface area contributed by atoms with E-state index in [0.29, 0.717) is 0 Å². The van der Waals surface area contributed by atoms with Crippen molar-refractivity contribution in [3.63, 3.8) is 0 Å². The maximum absolute atomic E-state index is 11.0. The molecule has 4 N–H and O–H groups in total. The highest BCUT2D eigenvalue weighted by Crippen LogP contribution is 2.22. The van der Waals surface area contributed by atoms with Gasteiger partial charge in [0.2, 0.25) is 0 Å². The van der Waals surface area contributed by atoms with E-state index in [4.69, 9.17) is 15.9 Å². The van der Waals surface area contributed by atoms with Crippen LogP contribution in [0.1, 0.15) is 10.4 Å². The molecule has 0 atom stereocenters. The SMILES string of the molecule is Cl.NCC(=O)c1ccc(O)cc1O. The zero-order valence-electron chi connectivity index (χ0n) is 6.73. The van der Waals surface area contributed by atoms with E-state index in [0.717, 1.165) is 6.07 Å². The summed E-state index contributed by atoms with van der Waals surface area (Å²) >= 11 is 0. The smallest absolute Gasteiger partial charge is 0.180 e. The number of hydrogen-bond donors (Lipinski definition) is 3. The Morgan fingerprint density at radius 3 is 2.46 bits per heavy atom. The molecule has 0 amide bonds. The van der Waals surface area contributed by atoms with E-state index in [2.05, 4.69) is 0 Å². The number of phenolic OH excluding ortho intramolecular Hbond substituents is 2. The molecule has 0 aliphatic heterocycles. The van der Waals surface area contributed by atoms with Gasteiger partial charge in [0.05, 0.1) is 12.1 Å². The Hall–Kier alpha value is -1.26. The van der Waals surface area contributed by atoms with E-state index in [-0.39, 0.29) is 41.8 Å². The minimum absolute atomic E-state index is 0. The van der Waals surface area contributed by atoms with Crippen molar-refractivity contribution in [2.24, 2.45) is 5.73 Å². The predicted octanol–water partition coefficient (Wildman–Crippen LogP) is 0.661. The largest absolute Gasteiger partial charge is 0.508 e. The van der Waals surface area contributed by atoms with Crippen LogP contribution < -0.4 is 5.73 Å². The number of ketones is 1. The van der Waals surface area contributed by atoms with Crippen LogP contribution in [-0.4, -0.2) is 22.5 Å². The molecule has 0 aliphatic rings. The fraction of sp³-hybridized carbons (Fsp3) is 0.125. The van der Waals surface area contributed by atoms with Gasteiger partial charge in [-0.1, -0.05) is 0 Å². The molecule has 4 nitrogen and oxygen atoms in total. The summed E-state index contributed by atoms with van der Waals surface area (Å²) < 4.78 is 0. The molecule has 0 bridgehead atoms. The van der Waals surface area contributed by atoms with Crippen LogP contribution >= 0.6 is 12.4 Å². The fourth-order valence-electron chi connectivity index (χ4n) is 0.866. The first-order valence-electron chi connectivity index (χ1n) is 3.40. The zero-order chi connectivity index (χ0) is 9.14. The minimum Gasteiger partial charge on any atom is -0.508 e. The normalized spacial score (nSPS) is 9.00. The van der Waals surface area contributed by atoms with Crippen LogP contribution in [-0.2, 0) is 0 Å². The molecule has 5 heteroatoms. The lowest BCUT2D eigenvalue weighted by atomic mass is 10.1. The maximum atomic E-state index is 11.0. The molecule has 1 aromatic rings. The minimum atomic E-state index is -0.354. The summed E-state index contributed by atoms with van der Waals surface area (Å²) in [5.41, 5.74) is 5.22. The first-order valence-corrected chi connectivity index (χ1v) is 3.40. The monoisotopic (exact) mass is 203 g/mol. The molecule has 0 heterocycles. The molecule has 0 unspecified atom stereocenters. The highest BCUT2D eigenvalue weighted by Gasteiger charge is 2.08. The van der Waals surface area contributed by atoms with Crippen LogP contribution in [0.3, 0.4) is 0 Å². The summed E-state index contributed by atoms with van der Waals surface area (Å²) in [6.45, 7) is -0.154. The molecule has 13 heavy (non-hydrogen) atoms. The van der Waals surface area contributed by atoms with Crippen LogP contribution in [0.2, 0.25) is 0 Å². The second-order valence-corrected chi connectivity index (χ2v) is 2.33. The second-order valence-electron chi connectivity index (χ2n) is 2.33. The van der Waals surface area contributed by atoms with Crippen LogP contribution in [0.4, 0.5) is 0 Å². The molecule has 1 rings (SSSR count). The van der Waals surface area contributed by atoms with Crippen molar-refractivity contribution in [1.29, 1.82) is 0 Å². The van der Waals surface area contributed by atoms with Crippen LogP contribution in [0.15, 0.2) is 18.2 Å². The summed E-state index contributed by atoms with van der Waals surface area (Å²) in [7, 11) is 0. The first kappa shape index (κ1) is 11.7. The van der Waals surface area contributed by atoms with E-state index in [1.165, 1.54) is 12.1 Å². The third kappa shape index (κ3) is 2.61. The number of carbonyl (C=O) groups excluding carboxylic acids is 1. The van der Waals surface area contributed by atoms with Crippen LogP contribution in [0.5, 0.6) is 11.5 Å². The lowest BCUT2D eigenvalue weighted by Gasteiger charge is -2.01. The number of nitrogens with two attached hydrogens (primary N) is 1. The van der Waals surface area contributed by atoms with E-state index in [9.17, 15) is 4.79 Å². The van der Waals surface area contributed by atoms with Crippen molar-refractivity contribution in [2.45, 2.75) is 0 Å². The van der Waals surface area contributed by atoms with Gasteiger partial charge in [-0.2, -0.15) is 0 Å². The van der Waals surface area contributed by atoms with Crippen molar-refractivity contribution in [3.05, 3.63) is 23.8 Å². The van der Waals surface area contributed by atoms with E-state index in [1.54, 1.807) is 0 Å². The summed E-state index contributed by atoms with van der Waals surface area (Å²) in [5.74, 6) is -0.681. The number of aromatic hydroxyl groups is 2. The van der Waals surface area contributed by atoms with Crippen molar-refractivity contribution in [3.8, 4) is 11.5 Å². The second kappa shape index (κ2) is 4.69. The molecule has 72 valence electrons. The van der Waals surface area contributed by atoms with Crippen molar-refractivity contribution in [2.75, 3.05) is 6.54 Å². The van der Waals surface area contributed by atoms with Crippen LogP contribution in [0.25, 0.3) is 0 Å². The molecule has 1 aromatic carbocycles. The lowest BCUT2D eigenvalue weighted by Crippen LogP contribution is -2.13. The molecule has 0 fully saturated rings. The summed E-state index contributed by atoms with van der Waals surface area (Å²) in [6, 6.07) is 3.76. The Bertz CT molecular complexity index is 314. The number of benzene rings is 1. The topological polar surface area (TPSA) is 83.6 Å². The molecular weight excluding hydrogens is 194 g/mol. The highest BCUT2D eigenvalue weighted by molar-refractivity contribution is 5.99. The van der Waals surface area contributed by atoms with Crippen molar-refractivity contribution >= 4 is 18.2 Å². The molecule has 0 aromatic heterocycles. The van der Waals surface area contributed by atoms with Gasteiger partial charge in [-0.3, -0.25) is 4.79 Å². The zero-order valence-corrected chi connectivity index (χ0v) is 7.54. The third-order valence-electron chi connectivity index (χ3n) is 1.47. The van der Waals surface area contributed by atoms with Gasteiger partial charge >= 0.3 is 0 Å². The van der Waals surface area contributed by atoms with E-state index >= 15 is 0 Å². The maximum Gasteiger partial charge on any atom is 0.180 e. The average molecular weight is 204 g/mol. The molecule has 0 radical (unpaired) electrons. The first-order chi connectivity index (χ1) is 5.65. The summed E-state index contributed by atoms with van der Waals surface area (Å²) in [5, 5.41) is 18.0. The number of halogens is 1. The quantitative estimate of drug-likeness (QED) is 0.617. The van der Waals surface area contributed by atoms with Crippen LogP contribution in [0, 0.1) is 0 Å². The Morgan fingerprint density at radius 1 is 1.38 bits per heavy atom. The Balaban J connectivity index is 0.00000144. The number of hydrogen-bond acceptors (Lipinski definition) is 4. The van der Waals surface area contributed by atoms with Gasteiger partial charge in [0.25, 0.3) is 0 Å². The fourth-order valence-corrected chi connectivity index (χ4v) is 0.866. The molecule has 0 aliphatic carbocycles. The van der Waals surface area contributed by atoms with Gasteiger partial charge in [-0.15, -0.1) is 12.4 Å². The number of carbonyl (C=O) groups is 1. The standard InChI is InChI=1S/C8H9NO3.ClH/c9-4-8(12)6-2-1-5(10)3-7(6)11;/h1-3,10-11H,4,9H2;1H. The molecule has 0 spiro atoms. The summed E-state index contributed by atoms with van der Waals surface area (Å²) in [4.78, 5) is 11.0. The molecule has 0 saturated carbocycles. The Labute approximate surface area is 81.4 Å². The van der Waals surface area contributed by atoms with Gasteiger partial charge in [-0.05, 0) is 12.1 Å². The highest BCUT2D eigenvalue weighted by atomic mass is 35.5. The molecular formula is C8H10ClNO3.